The fourth-order valence-corrected chi connectivity index (χ4v) is 3.40. The van der Waals surface area contributed by atoms with Gasteiger partial charge in [-0.05, 0) is 55.3 Å². The van der Waals surface area contributed by atoms with Gasteiger partial charge >= 0.3 is 0 Å². The number of carbonyl (C=O) groups is 1. The van der Waals surface area contributed by atoms with Gasteiger partial charge in [-0.1, -0.05) is 18.2 Å². The SMILES string of the molecule is COc1ccc(-c2cc3c(=O)n(CC(=O)Nc4c(C)cccc4C)ccn3n2)cc1. The number of fused-ring (bicyclic) bond motifs is 1. The molecule has 152 valence electrons. The number of nitrogens with one attached hydrogen (secondary N) is 1. The van der Waals surface area contributed by atoms with Gasteiger partial charge in [0, 0.05) is 23.6 Å². The summed E-state index contributed by atoms with van der Waals surface area (Å²) in [7, 11) is 1.61. The molecule has 0 radical (unpaired) electrons. The molecule has 0 unspecified atom stereocenters. The summed E-state index contributed by atoms with van der Waals surface area (Å²) in [6.45, 7) is 3.80. The number of anilines is 1. The van der Waals surface area contributed by atoms with Crippen LogP contribution in [-0.4, -0.2) is 27.2 Å². The number of methoxy groups -OCH3 is 1. The van der Waals surface area contributed by atoms with Crippen LogP contribution in [0, 0.1) is 13.8 Å². The van der Waals surface area contributed by atoms with Crippen LogP contribution >= 0.6 is 0 Å². The standard InChI is InChI=1S/C23H22N4O3/c1-15-5-4-6-16(2)22(15)24-21(28)14-26-11-12-27-20(23(26)29)13-19(25-27)17-7-9-18(30-3)10-8-17/h4-13H,14H2,1-3H3,(H,24,28). The van der Waals surface area contributed by atoms with E-state index in [9.17, 15) is 9.59 Å². The van der Waals surface area contributed by atoms with Gasteiger partial charge in [0.1, 0.15) is 17.8 Å². The summed E-state index contributed by atoms with van der Waals surface area (Å²) in [5.74, 6) is 0.494. The molecule has 7 nitrogen and oxygen atoms in total. The largest absolute Gasteiger partial charge is 0.497 e. The fourth-order valence-electron chi connectivity index (χ4n) is 3.40. The zero-order valence-corrected chi connectivity index (χ0v) is 17.0. The molecule has 2 aromatic carbocycles. The van der Waals surface area contributed by atoms with E-state index in [0.717, 1.165) is 28.1 Å². The van der Waals surface area contributed by atoms with Crippen LogP contribution in [0.1, 0.15) is 11.1 Å². The number of carbonyl (C=O) groups excluding carboxylic acids is 1. The monoisotopic (exact) mass is 402 g/mol. The summed E-state index contributed by atoms with van der Waals surface area (Å²) in [6, 6.07) is 15.0. The molecule has 4 rings (SSSR count). The smallest absolute Gasteiger partial charge is 0.277 e. The number of nitrogens with zero attached hydrogens (tertiary/aromatic N) is 3. The van der Waals surface area contributed by atoms with Gasteiger partial charge in [-0.25, -0.2) is 4.52 Å². The van der Waals surface area contributed by atoms with Crippen molar-refractivity contribution in [1.82, 2.24) is 14.2 Å². The number of para-hydroxylation sites is 1. The first-order valence-corrected chi connectivity index (χ1v) is 9.55. The maximum absolute atomic E-state index is 12.9. The van der Waals surface area contributed by atoms with E-state index in [1.807, 2.05) is 56.3 Å². The molecule has 0 atom stereocenters. The first-order chi connectivity index (χ1) is 14.5. The lowest BCUT2D eigenvalue weighted by Gasteiger charge is -2.12. The summed E-state index contributed by atoms with van der Waals surface area (Å²) in [6.07, 6.45) is 3.25. The van der Waals surface area contributed by atoms with E-state index in [1.54, 1.807) is 25.6 Å². The molecule has 30 heavy (non-hydrogen) atoms. The van der Waals surface area contributed by atoms with Crippen LogP contribution in [-0.2, 0) is 11.3 Å². The highest BCUT2D eigenvalue weighted by Crippen LogP contribution is 2.22. The van der Waals surface area contributed by atoms with E-state index in [2.05, 4.69) is 10.4 Å². The van der Waals surface area contributed by atoms with Crippen molar-refractivity contribution >= 4 is 17.1 Å². The lowest BCUT2D eigenvalue weighted by atomic mass is 10.1. The quantitative estimate of drug-likeness (QED) is 0.555. The summed E-state index contributed by atoms with van der Waals surface area (Å²) >= 11 is 0. The van der Waals surface area contributed by atoms with E-state index >= 15 is 0 Å². The van der Waals surface area contributed by atoms with Crippen LogP contribution in [0.2, 0.25) is 0 Å². The number of hydrogen-bond donors (Lipinski definition) is 1. The molecule has 0 aliphatic heterocycles. The lowest BCUT2D eigenvalue weighted by molar-refractivity contribution is -0.116. The number of hydrogen-bond acceptors (Lipinski definition) is 4. The molecule has 0 aliphatic carbocycles. The number of amides is 1. The molecule has 0 bridgehead atoms. The first-order valence-electron chi connectivity index (χ1n) is 9.55. The van der Waals surface area contributed by atoms with Gasteiger partial charge in [0.15, 0.2) is 0 Å². The molecule has 0 spiro atoms. The summed E-state index contributed by atoms with van der Waals surface area (Å²) < 4.78 is 8.09. The van der Waals surface area contributed by atoms with Crippen molar-refractivity contribution in [3.63, 3.8) is 0 Å². The van der Waals surface area contributed by atoms with Gasteiger partial charge in [0.2, 0.25) is 5.91 Å². The van der Waals surface area contributed by atoms with E-state index in [-0.39, 0.29) is 18.0 Å². The van der Waals surface area contributed by atoms with Crippen molar-refractivity contribution in [2.75, 3.05) is 12.4 Å². The van der Waals surface area contributed by atoms with Crippen molar-refractivity contribution in [3.05, 3.63) is 82.4 Å². The Balaban J connectivity index is 1.60. The topological polar surface area (TPSA) is 77.6 Å². The minimum atomic E-state index is -0.276. The molecule has 0 fully saturated rings. The van der Waals surface area contributed by atoms with Crippen molar-refractivity contribution in [2.24, 2.45) is 0 Å². The molecule has 0 saturated heterocycles. The van der Waals surface area contributed by atoms with Crippen LogP contribution < -0.4 is 15.6 Å². The molecule has 2 aromatic heterocycles. The predicted molar refractivity (Wildman–Crippen MR) is 116 cm³/mol. The second kappa shape index (κ2) is 7.87. The van der Waals surface area contributed by atoms with Gasteiger partial charge in [0.05, 0.1) is 12.8 Å². The Morgan fingerprint density at radius 3 is 2.43 bits per heavy atom. The van der Waals surface area contributed by atoms with Gasteiger partial charge in [-0.3, -0.25) is 9.59 Å². The van der Waals surface area contributed by atoms with Crippen LogP contribution in [0.3, 0.4) is 0 Å². The molecular formula is C23H22N4O3. The Morgan fingerprint density at radius 2 is 1.77 bits per heavy atom. The normalized spacial score (nSPS) is 10.9. The Kier molecular flexibility index (Phi) is 5.10. The number of ether oxygens (including phenoxy) is 1. The lowest BCUT2D eigenvalue weighted by Crippen LogP contribution is -2.28. The Hall–Kier alpha value is -3.87. The Bertz CT molecular complexity index is 1270. The highest BCUT2D eigenvalue weighted by Gasteiger charge is 2.13. The van der Waals surface area contributed by atoms with Gasteiger partial charge in [-0.2, -0.15) is 5.10 Å². The highest BCUT2D eigenvalue weighted by atomic mass is 16.5. The minimum Gasteiger partial charge on any atom is -0.497 e. The molecule has 1 N–H and O–H groups in total. The van der Waals surface area contributed by atoms with Crippen LogP contribution in [0.15, 0.2) is 65.7 Å². The number of aromatic nitrogens is 3. The second-order valence-corrected chi connectivity index (χ2v) is 7.13. The molecule has 0 saturated carbocycles. The maximum Gasteiger partial charge on any atom is 0.277 e. The predicted octanol–water partition coefficient (Wildman–Crippen LogP) is 3.43. The van der Waals surface area contributed by atoms with Crippen LogP contribution in [0.5, 0.6) is 5.75 Å². The molecular weight excluding hydrogens is 380 g/mol. The third kappa shape index (κ3) is 3.69. The van der Waals surface area contributed by atoms with Gasteiger partial charge in [-0.15, -0.1) is 0 Å². The fraction of sp³-hybridized carbons (Fsp3) is 0.174. The second-order valence-electron chi connectivity index (χ2n) is 7.13. The highest BCUT2D eigenvalue weighted by molar-refractivity contribution is 5.92. The Morgan fingerprint density at radius 1 is 1.07 bits per heavy atom. The van der Waals surface area contributed by atoms with Crippen LogP contribution in [0.25, 0.3) is 16.8 Å². The molecule has 4 aromatic rings. The van der Waals surface area contributed by atoms with Crippen molar-refractivity contribution in [1.29, 1.82) is 0 Å². The molecule has 1 amide bonds. The number of benzene rings is 2. The van der Waals surface area contributed by atoms with E-state index in [1.165, 1.54) is 9.08 Å². The van der Waals surface area contributed by atoms with E-state index < -0.39 is 0 Å². The van der Waals surface area contributed by atoms with Crippen molar-refractivity contribution in [2.45, 2.75) is 20.4 Å². The first kappa shape index (κ1) is 19.4. The average Bonchev–Trinajstić information content (AvgIpc) is 3.18. The Labute approximate surface area is 173 Å². The zero-order valence-electron chi connectivity index (χ0n) is 17.0. The van der Waals surface area contributed by atoms with E-state index in [0.29, 0.717) is 11.2 Å². The number of aryl methyl sites for hydroxylation is 2. The maximum atomic E-state index is 12.9. The zero-order chi connectivity index (χ0) is 21.3. The summed E-state index contributed by atoms with van der Waals surface area (Å²) in [5, 5.41) is 7.38. The number of rotatable bonds is 5. The van der Waals surface area contributed by atoms with E-state index in [4.69, 9.17) is 4.74 Å². The third-order valence-electron chi connectivity index (χ3n) is 5.05. The van der Waals surface area contributed by atoms with Gasteiger partial charge in [0.25, 0.3) is 5.56 Å². The van der Waals surface area contributed by atoms with Crippen molar-refractivity contribution < 1.29 is 9.53 Å². The summed E-state index contributed by atoms with van der Waals surface area (Å²) in [5.41, 5.74) is 4.41. The average molecular weight is 402 g/mol. The third-order valence-corrected chi connectivity index (χ3v) is 5.05. The summed E-state index contributed by atoms with van der Waals surface area (Å²) in [4.78, 5) is 25.5. The van der Waals surface area contributed by atoms with Crippen molar-refractivity contribution in [3.8, 4) is 17.0 Å². The molecule has 7 heteroatoms. The molecule has 0 aliphatic rings. The molecule has 2 heterocycles. The van der Waals surface area contributed by atoms with Gasteiger partial charge < -0.3 is 14.6 Å². The minimum absolute atomic E-state index is 0.0772. The van der Waals surface area contributed by atoms with Crippen LogP contribution in [0.4, 0.5) is 5.69 Å².